The quantitative estimate of drug-likeness (QED) is 0.746. The summed E-state index contributed by atoms with van der Waals surface area (Å²) in [4.78, 5) is 24.8. The predicted molar refractivity (Wildman–Crippen MR) is 109 cm³/mol. The Balaban J connectivity index is 1.77. The summed E-state index contributed by atoms with van der Waals surface area (Å²) in [6.07, 6.45) is 3.29. The second kappa shape index (κ2) is 8.87. The minimum atomic E-state index is -0.256. The number of carbonyl (C=O) groups excluding carboxylic acids is 2. The first-order valence-corrected chi connectivity index (χ1v) is 9.80. The molecule has 2 aromatic rings. The van der Waals surface area contributed by atoms with Gasteiger partial charge in [-0.15, -0.1) is 0 Å². The molecule has 1 aliphatic rings. The smallest absolute Gasteiger partial charge is 0.287 e. The van der Waals surface area contributed by atoms with Crippen molar-refractivity contribution < 1.29 is 14.0 Å². The van der Waals surface area contributed by atoms with E-state index < -0.39 is 0 Å². The molecule has 6 nitrogen and oxygen atoms in total. The summed E-state index contributed by atoms with van der Waals surface area (Å²) in [7, 11) is 0. The predicted octanol–water partition coefficient (Wildman–Crippen LogP) is 3.83. The van der Waals surface area contributed by atoms with Crippen molar-refractivity contribution in [2.75, 3.05) is 6.54 Å². The van der Waals surface area contributed by atoms with Crippen LogP contribution in [0.3, 0.4) is 0 Å². The Hall–Kier alpha value is -2.89. The number of amides is 2. The maximum Gasteiger partial charge on any atom is 0.287 e. The molecule has 3 rings (SSSR count). The molecule has 1 aliphatic carbocycles. The highest BCUT2D eigenvalue weighted by molar-refractivity contribution is 6.07. The van der Waals surface area contributed by atoms with E-state index in [4.69, 9.17) is 4.42 Å². The Morgan fingerprint density at radius 2 is 1.89 bits per heavy atom. The Bertz CT molecular complexity index is 882. The van der Waals surface area contributed by atoms with E-state index in [0.717, 1.165) is 48.3 Å². The Morgan fingerprint density at radius 3 is 2.61 bits per heavy atom. The molecule has 1 aromatic carbocycles. The number of hydrogen-bond acceptors (Lipinski definition) is 4. The molecular weight excluding hydrogens is 354 g/mol. The highest BCUT2D eigenvalue weighted by Gasteiger charge is 2.28. The second-order valence-corrected chi connectivity index (χ2v) is 7.51. The van der Waals surface area contributed by atoms with Crippen LogP contribution in [0.25, 0.3) is 0 Å². The number of hydrogen-bond donors (Lipinski definition) is 2. The molecule has 0 saturated heterocycles. The molecule has 0 atom stereocenters. The molecular formula is C22H27N3O3. The zero-order valence-electron chi connectivity index (χ0n) is 16.7. The maximum atomic E-state index is 12.5. The van der Waals surface area contributed by atoms with E-state index in [0.29, 0.717) is 23.8 Å². The van der Waals surface area contributed by atoms with Crippen LogP contribution in [0.4, 0.5) is 0 Å². The van der Waals surface area contributed by atoms with Crippen molar-refractivity contribution in [1.82, 2.24) is 10.7 Å². The third kappa shape index (κ3) is 4.50. The molecule has 0 saturated carbocycles. The van der Waals surface area contributed by atoms with Gasteiger partial charge in [-0.25, -0.2) is 5.43 Å². The summed E-state index contributed by atoms with van der Waals surface area (Å²) >= 11 is 0. The molecule has 0 fully saturated rings. The monoisotopic (exact) mass is 381 g/mol. The van der Waals surface area contributed by atoms with Crippen LogP contribution in [-0.4, -0.2) is 24.1 Å². The number of furan rings is 1. The van der Waals surface area contributed by atoms with E-state index in [-0.39, 0.29) is 11.8 Å². The first kappa shape index (κ1) is 19.9. The largest absolute Gasteiger partial charge is 0.455 e. The van der Waals surface area contributed by atoms with Crippen LogP contribution in [0, 0.1) is 12.8 Å². The minimum Gasteiger partial charge on any atom is -0.455 e. The van der Waals surface area contributed by atoms with Gasteiger partial charge in [0.05, 0.1) is 5.71 Å². The molecule has 2 N–H and O–H groups in total. The molecule has 0 aliphatic heterocycles. The number of aryl methyl sites for hydroxylation is 1. The topological polar surface area (TPSA) is 83.7 Å². The molecule has 0 bridgehead atoms. The number of rotatable bonds is 6. The number of hydrazone groups is 1. The van der Waals surface area contributed by atoms with E-state index in [1.54, 1.807) is 12.1 Å². The number of benzene rings is 1. The molecule has 0 spiro atoms. The van der Waals surface area contributed by atoms with E-state index in [2.05, 4.69) is 29.7 Å². The lowest BCUT2D eigenvalue weighted by molar-refractivity contribution is 0.0920. The van der Waals surface area contributed by atoms with Crippen LogP contribution >= 0.6 is 0 Å². The fourth-order valence-corrected chi connectivity index (χ4v) is 3.32. The van der Waals surface area contributed by atoms with Gasteiger partial charge in [0.1, 0.15) is 5.76 Å². The van der Waals surface area contributed by atoms with Crippen LogP contribution in [0.2, 0.25) is 0 Å². The van der Waals surface area contributed by atoms with E-state index >= 15 is 0 Å². The summed E-state index contributed by atoms with van der Waals surface area (Å²) in [5, 5.41) is 7.27. The molecule has 6 heteroatoms. The first-order valence-electron chi connectivity index (χ1n) is 9.80. The van der Waals surface area contributed by atoms with Gasteiger partial charge in [-0.2, -0.15) is 5.10 Å². The number of fused-ring (bicyclic) bond motifs is 1. The summed E-state index contributed by atoms with van der Waals surface area (Å²) in [5.74, 6) is 1.19. The normalized spacial score (nSPS) is 14.8. The first-order chi connectivity index (χ1) is 13.5. The standard InChI is InChI=1S/C22H27N3O3/c1-14(2)12-13-23-22(27)20-15(3)19-17(10-7-11-18(19)28-20)24-25-21(26)16-8-5-4-6-9-16/h4-6,8-9,14H,7,10-13H2,1-3H3,(H,23,27)(H,25,26)/b24-17+. The SMILES string of the molecule is Cc1c(C(=O)NCCC(C)C)oc2c1/C(=N/NC(=O)c1ccccc1)CCC2. The highest BCUT2D eigenvalue weighted by Crippen LogP contribution is 2.29. The molecule has 1 heterocycles. The van der Waals surface area contributed by atoms with Crippen molar-refractivity contribution >= 4 is 17.5 Å². The fraction of sp³-hybridized carbons (Fsp3) is 0.409. The van der Waals surface area contributed by atoms with Gasteiger partial charge in [0, 0.05) is 29.7 Å². The van der Waals surface area contributed by atoms with Gasteiger partial charge >= 0.3 is 0 Å². The van der Waals surface area contributed by atoms with Gasteiger partial charge in [0.15, 0.2) is 5.76 Å². The fourth-order valence-electron chi connectivity index (χ4n) is 3.32. The Labute approximate surface area is 165 Å². The van der Waals surface area contributed by atoms with Gasteiger partial charge in [-0.05, 0) is 44.2 Å². The van der Waals surface area contributed by atoms with Crippen molar-refractivity contribution in [2.45, 2.75) is 46.5 Å². The molecule has 0 unspecified atom stereocenters. The van der Waals surface area contributed by atoms with Crippen LogP contribution in [0.15, 0.2) is 39.9 Å². The average molecular weight is 381 g/mol. The molecule has 1 aromatic heterocycles. The third-order valence-corrected chi connectivity index (χ3v) is 4.87. The lowest BCUT2D eigenvalue weighted by atomic mass is 9.93. The minimum absolute atomic E-state index is 0.194. The van der Waals surface area contributed by atoms with Gasteiger partial charge in [-0.3, -0.25) is 9.59 Å². The van der Waals surface area contributed by atoms with Crippen molar-refractivity contribution in [3.63, 3.8) is 0 Å². The molecule has 0 radical (unpaired) electrons. The van der Waals surface area contributed by atoms with Gasteiger partial charge < -0.3 is 9.73 Å². The summed E-state index contributed by atoms with van der Waals surface area (Å²) in [6, 6.07) is 8.96. The molecule has 2 amide bonds. The van der Waals surface area contributed by atoms with Crippen LogP contribution in [0.5, 0.6) is 0 Å². The average Bonchev–Trinajstić information content (AvgIpc) is 3.04. The van der Waals surface area contributed by atoms with Crippen molar-refractivity contribution in [1.29, 1.82) is 0 Å². The van der Waals surface area contributed by atoms with Crippen LogP contribution < -0.4 is 10.7 Å². The van der Waals surface area contributed by atoms with Crippen LogP contribution in [-0.2, 0) is 6.42 Å². The number of nitrogens with zero attached hydrogens (tertiary/aromatic N) is 1. The summed E-state index contributed by atoms with van der Waals surface area (Å²) < 4.78 is 5.87. The van der Waals surface area contributed by atoms with Crippen molar-refractivity contribution in [3.05, 3.63) is 58.5 Å². The van der Waals surface area contributed by atoms with E-state index in [1.807, 2.05) is 25.1 Å². The number of nitrogens with one attached hydrogen (secondary N) is 2. The number of carbonyl (C=O) groups is 2. The molecule has 28 heavy (non-hydrogen) atoms. The highest BCUT2D eigenvalue weighted by atomic mass is 16.4. The second-order valence-electron chi connectivity index (χ2n) is 7.51. The zero-order valence-corrected chi connectivity index (χ0v) is 16.7. The summed E-state index contributed by atoms with van der Waals surface area (Å²) in [6.45, 7) is 6.74. The zero-order chi connectivity index (χ0) is 20.1. The van der Waals surface area contributed by atoms with Gasteiger partial charge in [-0.1, -0.05) is 32.0 Å². The lowest BCUT2D eigenvalue weighted by Gasteiger charge is -2.13. The van der Waals surface area contributed by atoms with Crippen LogP contribution in [0.1, 0.15) is 70.9 Å². The Kier molecular flexibility index (Phi) is 6.29. The van der Waals surface area contributed by atoms with Crippen molar-refractivity contribution in [3.8, 4) is 0 Å². The Morgan fingerprint density at radius 1 is 1.14 bits per heavy atom. The summed E-state index contributed by atoms with van der Waals surface area (Å²) in [5.41, 5.74) is 5.58. The molecule has 148 valence electrons. The van der Waals surface area contributed by atoms with Crippen molar-refractivity contribution in [2.24, 2.45) is 11.0 Å². The lowest BCUT2D eigenvalue weighted by Crippen LogP contribution is -2.25. The van der Waals surface area contributed by atoms with Gasteiger partial charge in [0.2, 0.25) is 0 Å². The van der Waals surface area contributed by atoms with E-state index in [1.165, 1.54) is 0 Å². The maximum absolute atomic E-state index is 12.5. The van der Waals surface area contributed by atoms with E-state index in [9.17, 15) is 9.59 Å². The third-order valence-electron chi connectivity index (χ3n) is 4.87. The van der Waals surface area contributed by atoms with Gasteiger partial charge in [0.25, 0.3) is 11.8 Å².